The van der Waals surface area contributed by atoms with E-state index in [1.165, 1.54) is 12.1 Å². The molecule has 0 saturated carbocycles. The largest absolute Gasteiger partial charge is 0.490 e. The highest BCUT2D eigenvalue weighted by atomic mass is 32.2. The summed E-state index contributed by atoms with van der Waals surface area (Å²) >= 11 is 0. The molecule has 26 heavy (non-hydrogen) atoms. The van der Waals surface area contributed by atoms with Gasteiger partial charge in [0.25, 0.3) is 0 Å². The summed E-state index contributed by atoms with van der Waals surface area (Å²) in [7, 11) is -3.71. The van der Waals surface area contributed by atoms with Crippen LogP contribution in [-0.4, -0.2) is 27.8 Å². The summed E-state index contributed by atoms with van der Waals surface area (Å²) in [6.45, 7) is 2.52. The minimum atomic E-state index is -3.71. The Morgan fingerprint density at radius 2 is 1.92 bits per heavy atom. The molecule has 0 spiro atoms. The number of primary sulfonamides is 1. The molecule has 3 N–H and O–H groups in total. The first kappa shape index (κ1) is 19.3. The Labute approximate surface area is 152 Å². The molecule has 0 saturated heterocycles. The molecule has 2 aromatic rings. The number of terminal acetylenes is 1. The Kier molecular flexibility index (Phi) is 6.60. The topological polar surface area (TPSA) is 103 Å². The van der Waals surface area contributed by atoms with Crippen LogP contribution in [-0.2, 0) is 10.0 Å². The maximum Gasteiger partial charge on any atom is 0.238 e. The summed E-state index contributed by atoms with van der Waals surface area (Å²) in [5.74, 6) is 3.54. The zero-order valence-corrected chi connectivity index (χ0v) is 15.0. The Morgan fingerprint density at radius 3 is 2.54 bits per heavy atom. The molecule has 0 atom stereocenters. The van der Waals surface area contributed by atoms with Crippen LogP contribution in [0.4, 0.5) is 5.69 Å². The summed E-state index contributed by atoms with van der Waals surface area (Å²) in [6.07, 6.45) is 6.80. The number of rotatable bonds is 8. The lowest BCUT2D eigenvalue weighted by atomic mass is 10.2. The number of hydrazone groups is 1. The lowest BCUT2D eigenvalue weighted by Gasteiger charge is -2.10. The van der Waals surface area contributed by atoms with E-state index in [1.54, 1.807) is 30.5 Å². The number of sulfonamides is 1. The second kappa shape index (κ2) is 8.89. The Balaban J connectivity index is 2.07. The van der Waals surface area contributed by atoms with E-state index in [1.807, 2.05) is 13.0 Å². The quantitative estimate of drug-likeness (QED) is 0.419. The smallest absolute Gasteiger partial charge is 0.238 e. The molecule has 0 radical (unpaired) electrons. The van der Waals surface area contributed by atoms with E-state index in [4.69, 9.17) is 21.0 Å². The molecule has 7 nitrogen and oxygen atoms in total. The first-order valence-electron chi connectivity index (χ1n) is 7.69. The number of nitrogens with one attached hydrogen (secondary N) is 1. The minimum Gasteiger partial charge on any atom is -0.490 e. The molecule has 0 amide bonds. The van der Waals surface area contributed by atoms with Crippen molar-refractivity contribution in [3.8, 4) is 23.8 Å². The SMILES string of the molecule is C#CCOc1ccc(C=NNc2ccc(S(N)(=O)=O)cc2)cc1OCC. The average Bonchev–Trinajstić information content (AvgIpc) is 2.61. The second-order valence-corrected chi connectivity index (χ2v) is 6.63. The molecule has 136 valence electrons. The van der Waals surface area contributed by atoms with Gasteiger partial charge in [-0.15, -0.1) is 6.42 Å². The summed E-state index contributed by atoms with van der Waals surface area (Å²) in [5, 5.41) is 9.17. The summed E-state index contributed by atoms with van der Waals surface area (Å²) < 4.78 is 33.4. The monoisotopic (exact) mass is 373 g/mol. The van der Waals surface area contributed by atoms with Crippen LogP contribution in [0.25, 0.3) is 0 Å². The van der Waals surface area contributed by atoms with Gasteiger partial charge in [-0.3, -0.25) is 5.43 Å². The fourth-order valence-corrected chi connectivity index (χ4v) is 2.53. The van der Waals surface area contributed by atoms with Crippen LogP contribution in [0.2, 0.25) is 0 Å². The highest BCUT2D eigenvalue weighted by molar-refractivity contribution is 7.89. The van der Waals surface area contributed by atoms with Crippen molar-refractivity contribution in [3.05, 3.63) is 48.0 Å². The zero-order chi connectivity index (χ0) is 19.0. The number of nitrogens with zero attached hydrogens (tertiary/aromatic N) is 1. The van der Waals surface area contributed by atoms with E-state index >= 15 is 0 Å². The van der Waals surface area contributed by atoms with Gasteiger partial charge in [0.2, 0.25) is 10.0 Å². The molecule has 0 aliphatic rings. The first-order chi connectivity index (χ1) is 12.4. The van der Waals surface area contributed by atoms with Crippen molar-refractivity contribution in [1.82, 2.24) is 0 Å². The van der Waals surface area contributed by atoms with Crippen molar-refractivity contribution >= 4 is 21.9 Å². The van der Waals surface area contributed by atoms with Crippen LogP contribution >= 0.6 is 0 Å². The van der Waals surface area contributed by atoms with Crippen LogP contribution in [0.5, 0.6) is 11.5 Å². The van der Waals surface area contributed by atoms with Gasteiger partial charge in [-0.05, 0) is 55.0 Å². The van der Waals surface area contributed by atoms with Gasteiger partial charge in [-0.25, -0.2) is 13.6 Å². The van der Waals surface area contributed by atoms with E-state index in [2.05, 4.69) is 16.4 Å². The van der Waals surface area contributed by atoms with Gasteiger partial charge in [0, 0.05) is 0 Å². The summed E-state index contributed by atoms with van der Waals surface area (Å²) in [6, 6.07) is 11.3. The maximum atomic E-state index is 11.2. The first-order valence-corrected chi connectivity index (χ1v) is 9.23. The number of nitrogens with two attached hydrogens (primary N) is 1. The van der Waals surface area contributed by atoms with Gasteiger partial charge in [0.1, 0.15) is 6.61 Å². The number of benzene rings is 2. The molecule has 0 unspecified atom stereocenters. The fraction of sp³-hybridized carbons (Fsp3) is 0.167. The average molecular weight is 373 g/mol. The van der Waals surface area contributed by atoms with Crippen LogP contribution in [0, 0.1) is 12.3 Å². The highest BCUT2D eigenvalue weighted by Gasteiger charge is 2.07. The van der Waals surface area contributed by atoms with E-state index in [-0.39, 0.29) is 11.5 Å². The molecule has 0 heterocycles. The van der Waals surface area contributed by atoms with Crippen LogP contribution in [0.3, 0.4) is 0 Å². The van der Waals surface area contributed by atoms with Gasteiger partial charge in [0.05, 0.1) is 23.4 Å². The molecule has 0 aromatic heterocycles. The number of hydrogen-bond donors (Lipinski definition) is 2. The predicted octanol–water partition coefficient (Wildman–Crippen LogP) is 2.19. The molecular formula is C18H19N3O4S. The van der Waals surface area contributed by atoms with Gasteiger partial charge < -0.3 is 9.47 Å². The van der Waals surface area contributed by atoms with Crippen molar-refractivity contribution in [1.29, 1.82) is 0 Å². The lowest BCUT2D eigenvalue weighted by molar-refractivity contribution is 0.299. The van der Waals surface area contributed by atoms with Crippen molar-refractivity contribution in [2.75, 3.05) is 18.6 Å². The van der Waals surface area contributed by atoms with E-state index < -0.39 is 10.0 Å². The van der Waals surface area contributed by atoms with Crippen LogP contribution < -0.4 is 20.0 Å². The molecule has 0 aliphatic heterocycles. The highest BCUT2D eigenvalue weighted by Crippen LogP contribution is 2.28. The predicted molar refractivity (Wildman–Crippen MR) is 101 cm³/mol. The van der Waals surface area contributed by atoms with Crippen molar-refractivity contribution in [2.24, 2.45) is 10.2 Å². The Morgan fingerprint density at radius 1 is 1.19 bits per heavy atom. The van der Waals surface area contributed by atoms with Crippen molar-refractivity contribution in [2.45, 2.75) is 11.8 Å². The maximum absolute atomic E-state index is 11.2. The third-order valence-electron chi connectivity index (χ3n) is 3.17. The number of ether oxygens (including phenoxy) is 2. The molecule has 8 heteroatoms. The molecule has 0 bridgehead atoms. The third kappa shape index (κ3) is 5.51. The van der Waals surface area contributed by atoms with E-state index in [9.17, 15) is 8.42 Å². The number of anilines is 1. The molecule has 0 fully saturated rings. The summed E-state index contributed by atoms with van der Waals surface area (Å²) in [5.41, 5.74) is 4.21. The number of hydrogen-bond acceptors (Lipinski definition) is 6. The standard InChI is InChI=1S/C18H19N3O4S/c1-3-11-25-17-10-5-14(12-18(17)24-4-2)13-20-21-15-6-8-16(9-7-15)26(19,22)23/h1,5-10,12-13,21H,4,11H2,2H3,(H2,19,22,23). The van der Waals surface area contributed by atoms with Crippen LogP contribution in [0.1, 0.15) is 12.5 Å². The van der Waals surface area contributed by atoms with Crippen molar-refractivity contribution < 1.29 is 17.9 Å². The molecule has 2 rings (SSSR count). The third-order valence-corrected chi connectivity index (χ3v) is 4.10. The van der Waals surface area contributed by atoms with Gasteiger partial charge >= 0.3 is 0 Å². The van der Waals surface area contributed by atoms with Crippen molar-refractivity contribution in [3.63, 3.8) is 0 Å². The lowest BCUT2D eigenvalue weighted by Crippen LogP contribution is -2.11. The molecule has 2 aromatic carbocycles. The second-order valence-electron chi connectivity index (χ2n) is 5.07. The Hall–Kier alpha value is -3.02. The zero-order valence-electron chi connectivity index (χ0n) is 14.2. The Bertz CT molecular complexity index is 916. The van der Waals surface area contributed by atoms with E-state index in [0.29, 0.717) is 23.8 Å². The van der Waals surface area contributed by atoms with Crippen LogP contribution in [0.15, 0.2) is 52.5 Å². The van der Waals surface area contributed by atoms with Gasteiger partial charge in [-0.2, -0.15) is 5.10 Å². The van der Waals surface area contributed by atoms with Gasteiger partial charge in [0.15, 0.2) is 11.5 Å². The molecular weight excluding hydrogens is 354 g/mol. The molecule has 0 aliphatic carbocycles. The minimum absolute atomic E-state index is 0.0379. The van der Waals surface area contributed by atoms with E-state index in [0.717, 1.165) is 5.56 Å². The summed E-state index contributed by atoms with van der Waals surface area (Å²) in [4.78, 5) is 0.0379. The fourth-order valence-electron chi connectivity index (χ4n) is 2.01. The normalized spacial score (nSPS) is 11.1. The van der Waals surface area contributed by atoms with Gasteiger partial charge in [-0.1, -0.05) is 5.92 Å².